The van der Waals surface area contributed by atoms with Gasteiger partial charge in [0, 0.05) is 17.6 Å². The molecule has 2 amide bonds. The summed E-state index contributed by atoms with van der Waals surface area (Å²) in [6.07, 6.45) is 0.869. The molecule has 34 heavy (non-hydrogen) atoms. The molecule has 1 N–H and O–H groups in total. The zero-order valence-electron chi connectivity index (χ0n) is 18.7. The topological polar surface area (TPSA) is 71.5 Å². The van der Waals surface area contributed by atoms with Gasteiger partial charge in [-0.05, 0) is 42.3 Å². The molecule has 3 aromatic carbocycles. The highest BCUT2D eigenvalue weighted by molar-refractivity contribution is 7.99. The quantitative estimate of drug-likeness (QED) is 0.394. The molecule has 1 aliphatic heterocycles. The van der Waals surface area contributed by atoms with Crippen molar-refractivity contribution in [2.75, 3.05) is 29.6 Å². The summed E-state index contributed by atoms with van der Waals surface area (Å²) in [6.45, 7) is 0.691. The van der Waals surface area contributed by atoms with E-state index in [0.29, 0.717) is 34.1 Å². The Balaban J connectivity index is 1.39. The summed E-state index contributed by atoms with van der Waals surface area (Å²) < 4.78 is 5.36. The van der Waals surface area contributed by atoms with E-state index in [1.54, 1.807) is 25.3 Å². The van der Waals surface area contributed by atoms with Crippen molar-refractivity contribution in [3.05, 3.63) is 90.0 Å². The molecule has 0 spiro atoms. The number of carbonyl (C=O) groups excluding carboxylic acids is 2. The van der Waals surface area contributed by atoms with Gasteiger partial charge in [-0.3, -0.25) is 9.59 Å². The molecule has 1 aliphatic rings. The highest BCUT2D eigenvalue weighted by Crippen LogP contribution is 2.30. The van der Waals surface area contributed by atoms with Gasteiger partial charge in [-0.1, -0.05) is 60.3 Å². The largest absolute Gasteiger partial charge is 0.495 e. The molecule has 0 fully saturated rings. The summed E-state index contributed by atoms with van der Waals surface area (Å²) in [7, 11) is 1.57. The number of hydrogen-bond acceptors (Lipinski definition) is 5. The lowest BCUT2D eigenvalue weighted by atomic mass is 10.1. The molecular weight excluding hydrogens is 446 g/mol. The number of rotatable bonds is 6. The van der Waals surface area contributed by atoms with Crippen LogP contribution in [0.15, 0.2) is 83.9 Å². The first kappa shape index (κ1) is 22.0. The van der Waals surface area contributed by atoms with Crippen LogP contribution >= 0.6 is 11.8 Å². The van der Waals surface area contributed by atoms with Gasteiger partial charge in [-0.2, -0.15) is 0 Å². The highest BCUT2D eigenvalue weighted by atomic mass is 32.2. The highest BCUT2D eigenvalue weighted by Gasteiger charge is 2.24. The molecule has 170 valence electrons. The normalized spacial score (nSPS) is 12.4. The summed E-state index contributed by atoms with van der Waals surface area (Å²) in [5.74, 6) is 0.600. The number of methoxy groups -OCH3 is 1. The van der Waals surface area contributed by atoms with E-state index < -0.39 is 0 Å². The van der Waals surface area contributed by atoms with Gasteiger partial charge in [0.05, 0.1) is 34.7 Å². The van der Waals surface area contributed by atoms with Crippen LogP contribution in [0, 0.1) is 0 Å². The van der Waals surface area contributed by atoms with Crippen LogP contribution < -0.4 is 15.0 Å². The Morgan fingerprint density at radius 1 is 1.03 bits per heavy atom. The lowest BCUT2D eigenvalue weighted by molar-refractivity contribution is -0.116. The van der Waals surface area contributed by atoms with Gasteiger partial charge < -0.3 is 15.0 Å². The number of benzene rings is 3. The molecule has 6 nitrogen and oxygen atoms in total. The van der Waals surface area contributed by atoms with Crippen LogP contribution in [0.3, 0.4) is 0 Å². The van der Waals surface area contributed by atoms with Crippen LogP contribution in [-0.4, -0.2) is 36.2 Å². The minimum absolute atomic E-state index is 0.0323. The lowest BCUT2D eigenvalue weighted by Gasteiger charge is -2.17. The van der Waals surface area contributed by atoms with Crippen LogP contribution in [0.1, 0.15) is 15.9 Å². The molecule has 0 radical (unpaired) electrons. The van der Waals surface area contributed by atoms with Gasteiger partial charge in [-0.25, -0.2) is 4.98 Å². The number of ether oxygens (including phenoxy) is 1. The van der Waals surface area contributed by atoms with E-state index in [4.69, 9.17) is 4.74 Å². The summed E-state index contributed by atoms with van der Waals surface area (Å²) in [4.78, 5) is 32.7. The minimum atomic E-state index is -0.259. The Morgan fingerprint density at radius 3 is 2.68 bits per heavy atom. The number of thioether (sulfide) groups is 1. The summed E-state index contributed by atoms with van der Waals surface area (Å²) in [6, 6.07) is 24.5. The third-order valence-corrected chi connectivity index (χ3v) is 6.72. The zero-order chi connectivity index (χ0) is 23.5. The van der Waals surface area contributed by atoms with Gasteiger partial charge in [0.25, 0.3) is 5.91 Å². The Hall–Kier alpha value is -3.84. The van der Waals surface area contributed by atoms with Gasteiger partial charge in [0.1, 0.15) is 5.75 Å². The van der Waals surface area contributed by atoms with Crippen LogP contribution in [-0.2, 0) is 11.2 Å². The number of nitrogens with zero attached hydrogens (tertiary/aromatic N) is 2. The van der Waals surface area contributed by atoms with Gasteiger partial charge in [0.2, 0.25) is 5.91 Å². The van der Waals surface area contributed by atoms with Crippen LogP contribution in [0.5, 0.6) is 5.75 Å². The fourth-order valence-electron chi connectivity index (χ4n) is 4.16. The third-order valence-electron chi connectivity index (χ3n) is 5.82. The first-order valence-electron chi connectivity index (χ1n) is 11.0. The second-order valence-corrected chi connectivity index (χ2v) is 8.89. The van der Waals surface area contributed by atoms with Crippen LogP contribution in [0.4, 0.5) is 11.4 Å². The zero-order valence-corrected chi connectivity index (χ0v) is 19.5. The predicted octanol–water partition coefficient (Wildman–Crippen LogP) is 5.18. The molecular formula is C27H23N3O3S. The van der Waals surface area contributed by atoms with Crippen LogP contribution in [0.2, 0.25) is 0 Å². The fraction of sp³-hybridized carbons (Fsp3) is 0.148. The smallest absolute Gasteiger partial charge is 0.256 e. The van der Waals surface area contributed by atoms with Gasteiger partial charge in [-0.15, -0.1) is 0 Å². The molecule has 0 saturated carbocycles. The maximum Gasteiger partial charge on any atom is 0.256 e. The van der Waals surface area contributed by atoms with E-state index in [1.165, 1.54) is 17.3 Å². The first-order valence-corrected chi connectivity index (χ1v) is 12.0. The van der Waals surface area contributed by atoms with E-state index in [1.807, 2.05) is 59.5 Å². The number of carbonyl (C=O) groups is 2. The van der Waals surface area contributed by atoms with Gasteiger partial charge in [0.15, 0.2) is 0 Å². The lowest BCUT2D eigenvalue weighted by Crippen LogP contribution is -2.30. The van der Waals surface area contributed by atoms with Crippen molar-refractivity contribution in [3.8, 4) is 5.75 Å². The second kappa shape index (κ2) is 9.57. The van der Waals surface area contributed by atoms with Crippen molar-refractivity contribution >= 4 is 45.9 Å². The van der Waals surface area contributed by atoms with E-state index in [9.17, 15) is 9.59 Å². The van der Waals surface area contributed by atoms with Crippen molar-refractivity contribution in [1.82, 2.24) is 4.98 Å². The number of pyridine rings is 1. The van der Waals surface area contributed by atoms with E-state index in [0.717, 1.165) is 17.5 Å². The van der Waals surface area contributed by atoms with E-state index in [2.05, 4.69) is 16.4 Å². The average molecular weight is 470 g/mol. The molecule has 1 aromatic heterocycles. The van der Waals surface area contributed by atoms with Gasteiger partial charge >= 0.3 is 0 Å². The predicted molar refractivity (Wildman–Crippen MR) is 136 cm³/mol. The van der Waals surface area contributed by atoms with Crippen molar-refractivity contribution in [1.29, 1.82) is 0 Å². The maximum atomic E-state index is 13.3. The number of hydrogen-bond donors (Lipinski definition) is 1. The number of anilines is 2. The number of aromatic nitrogens is 1. The number of nitrogens with one attached hydrogen (secondary N) is 1. The fourth-order valence-corrected chi connectivity index (χ4v) is 4.95. The Labute approximate surface area is 202 Å². The maximum absolute atomic E-state index is 13.3. The third kappa shape index (κ3) is 4.34. The molecule has 0 bridgehead atoms. The van der Waals surface area contributed by atoms with E-state index in [-0.39, 0.29) is 17.6 Å². The monoisotopic (exact) mass is 469 g/mol. The Kier molecular flexibility index (Phi) is 6.18. The Bertz CT molecular complexity index is 1390. The van der Waals surface area contributed by atoms with Crippen LogP contribution in [0.25, 0.3) is 10.9 Å². The summed E-state index contributed by atoms with van der Waals surface area (Å²) in [5.41, 5.74) is 3.97. The van der Waals surface area contributed by atoms with Crippen molar-refractivity contribution < 1.29 is 14.3 Å². The average Bonchev–Trinajstić information content (AvgIpc) is 3.31. The second-order valence-electron chi connectivity index (χ2n) is 7.89. The number of para-hydroxylation sites is 4. The minimum Gasteiger partial charge on any atom is -0.495 e. The molecule has 2 heterocycles. The summed E-state index contributed by atoms with van der Waals surface area (Å²) in [5, 5.41) is 4.32. The molecule has 5 rings (SSSR count). The molecule has 0 aliphatic carbocycles. The summed E-state index contributed by atoms with van der Waals surface area (Å²) >= 11 is 1.34. The molecule has 0 unspecified atom stereocenters. The van der Waals surface area contributed by atoms with Crippen molar-refractivity contribution in [2.45, 2.75) is 11.4 Å². The molecule has 0 atom stereocenters. The Morgan fingerprint density at radius 2 is 1.79 bits per heavy atom. The first-order chi connectivity index (χ1) is 16.6. The van der Waals surface area contributed by atoms with Crippen molar-refractivity contribution in [2.24, 2.45) is 0 Å². The molecule has 4 aromatic rings. The standard InChI is InChI=1S/C27H23N3O3S/c1-33-24-13-7-5-11-22(24)29-27(32)20-16-25(28-21-10-4-3-9-19(20)21)34-17-26(31)30-15-14-18-8-2-6-12-23(18)30/h2-13,16H,14-15,17H2,1H3,(H,29,32). The molecule has 7 heteroatoms. The number of fused-ring (bicyclic) bond motifs is 2. The number of amides is 2. The van der Waals surface area contributed by atoms with E-state index >= 15 is 0 Å². The SMILES string of the molecule is COc1ccccc1NC(=O)c1cc(SCC(=O)N2CCc3ccccc32)nc2ccccc12. The van der Waals surface area contributed by atoms with Crippen molar-refractivity contribution in [3.63, 3.8) is 0 Å². The molecule has 0 saturated heterocycles.